The number of thioether (sulfide) groups is 1. The van der Waals surface area contributed by atoms with Crippen molar-refractivity contribution < 1.29 is 23.1 Å². The Morgan fingerprint density at radius 3 is 2.74 bits per heavy atom. The van der Waals surface area contributed by atoms with Gasteiger partial charge >= 0.3 is 12.1 Å². The van der Waals surface area contributed by atoms with Gasteiger partial charge in [0.15, 0.2) is 17.0 Å². The van der Waals surface area contributed by atoms with E-state index in [0.717, 1.165) is 28.6 Å². The molecule has 0 atom stereocenters. The summed E-state index contributed by atoms with van der Waals surface area (Å²) in [6.07, 6.45) is -2.92. The van der Waals surface area contributed by atoms with Crippen molar-refractivity contribution in [3.8, 4) is 0 Å². The second-order valence-electron chi connectivity index (χ2n) is 3.50. The van der Waals surface area contributed by atoms with Crippen LogP contribution in [0.2, 0.25) is 0 Å². The summed E-state index contributed by atoms with van der Waals surface area (Å²) in [5.41, 5.74) is -1.29. The highest BCUT2D eigenvalue weighted by atomic mass is 32.2. The SMILES string of the molecule is CCSc1c(C(=O)O)nc2cnc(C(F)(F)F)cn12. The van der Waals surface area contributed by atoms with Gasteiger partial charge in [-0.1, -0.05) is 6.92 Å². The van der Waals surface area contributed by atoms with Crippen LogP contribution in [0, 0.1) is 0 Å². The van der Waals surface area contributed by atoms with E-state index < -0.39 is 17.8 Å². The fraction of sp³-hybridized carbons (Fsp3) is 0.300. The molecule has 5 nitrogen and oxygen atoms in total. The zero-order valence-electron chi connectivity index (χ0n) is 9.60. The molecule has 0 aliphatic carbocycles. The molecular formula is C10H8F3N3O2S. The van der Waals surface area contributed by atoms with Crippen LogP contribution in [0.25, 0.3) is 5.65 Å². The molecule has 0 radical (unpaired) electrons. The van der Waals surface area contributed by atoms with Crippen LogP contribution in [0.3, 0.4) is 0 Å². The molecule has 0 bridgehead atoms. The van der Waals surface area contributed by atoms with Crippen molar-refractivity contribution in [1.29, 1.82) is 0 Å². The van der Waals surface area contributed by atoms with Gasteiger partial charge in [0.05, 0.1) is 6.20 Å². The van der Waals surface area contributed by atoms with E-state index >= 15 is 0 Å². The number of hydrogen-bond donors (Lipinski definition) is 1. The average molecular weight is 291 g/mol. The van der Waals surface area contributed by atoms with Crippen LogP contribution in [0.4, 0.5) is 13.2 Å². The van der Waals surface area contributed by atoms with Crippen molar-refractivity contribution >= 4 is 23.4 Å². The van der Waals surface area contributed by atoms with Gasteiger partial charge in [-0.15, -0.1) is 11.8 Å². The fourth-order valence-electron chi connectivity index (χ4n) is 1.49. The number of halogens is 3. The Morgan fingerprint density at radius 1 is 1.53 bits per heavy atom. The number of carbonyl (C=O) groups is 1. The van der Waals surface area contributed by atoms with E-state index in [2.05, 4.69) is 9.97 Å². The highest BCUT2D eigenvalue weighted by Crippen LogP contribution is 2.30. The lowest BCUT2D eigenvalue weighted by molar-refractivity contribution is -0.141. The number of alkyl halides is 3. The Kier molecular flexibility index (Phi) is 3.40. The number of carboxylic acid groups (broad SMARTS) is 1. The van der Waals surface area contributed by atoms with Crippen LogP contribution in [0.5, 0.6) is 0 Å². The van der Waals surface area contributed by atoms with Gasteiger partial charge in [-0.2, -0.15) is 13.2 Å². The predicted molar refractivity (Wildman–Crippen MR) is 61.3 cm³/mol. The smallest absolute Gasteiger partial charge is 0.434 e. The summed E-state index contributed by atoms with van der Waals surface area (Å²) in [6, 6.07) is 0. The molecule has 19 heavy (non-hydrogen) atoms. The van der Waals surface area contributed by atoms with Crippen molar-refractivity contribution in [2.75, 3.05) is 5.75 Å². The third kappa shape index (κ3) is 2.50. The van der Waals surface area contributed by atoms with Gasteiger partial charge in [-0.05, 0) is 5.75 Å². The molecule has 0 fully saturated rings. The predicted octanol–water partition coefficient (Wildman–Crippen LogP) is 2.56. The molecule has 0 aliphatic rings. The summed E-state index contributed by atoms with van der Waals surface area (Å²) >= 11 is 1.11. The first-order valence-electron chi connectivity index (χ1n) is 5.16. The molecule has 1 N–H and O–H groups in total. The number of aromatic nitrogens is 3. The fourth-order valence-corrected chi connectivity index (χ4v) is 2.32. The quantitative estimate of drug-likeness (QED) is 0.880. The van der Waals surface area contributed by atoms with Gasteiger partial charge in [0.2, 0.25) is 0 Å². The topological polar surface area (TPSA) is 67.5 Å². The lowest BCUT2D eigenvalue weighted by Crippen LogP contribution is -2.09. The minimum atomic E-state index is -4.59. The standard InChI is InChI=1S/C10H8F3N3O2S/c1-2-19-8-7(9(17)18)15-6-3-14-5(4-16(6)8)10(11,12)13/h3-4H,2H2,1H3,(H,17,18). The van der Waals surface area contributed by atoms with E-state index in [0.29, 0.717) is 5.75 Å². The molecule has 0 spiro atoms. The zero-order valence-corrected chi connectivity index (χ0v) is 10.4. The van der Waals surface area contributed by atoms with Gasteiger partial charge in [-0.3, -0.25) is 4.40 Å². The number of nitrogens with zero attached hydrogens (tertiary/aromatic N) is 3. The molecule has 9 heteroatoms. The third-order valence-corrected chi connectivity index (χ3v) is 3.19. The van der Waals surface area contributed by atoms with Crippen LogP contribution >= 0.6 is 11.8 Å². The second kappa shape index (κ2) is 4.72. The highest BCUT2D eigenvalue weighted by molar-refractivity contribution is 7.99. The lowest BCUT2D eigenvalue weighted by atomic mass is 10.4. The average Bonchev–Trinajstić information content (AvgIpc) is 2.67. The van der Waals surface area contributed by atoms with Crippen LogP contribution in [0.15, 0.2) is 17.4 Å². The summed E-state index contributed by atoms with van der Waals surface area (Å²) in [4.78, 5) is 18.0. The minimum absolute atomic E-state index is 0.0707. The molecule has 102 valence electrons. The first-order valence-corrected chi connectivity index (χ1v) is 6.14. The zero-order chi connectivity index (χ0) is 14.2. The van der Waals surface area contributed by atoms with Crippen LogP contribution < -0.4 is 0 Å². The van der Waals surface area contributed by atoms with Crippen molar-refractivity contribution in [3.05, 3.63) is 23.8 Å². The summed E-state index contributed by atoms with van der Waals surface area (Å²) in [7, 11) is 0. The van der Waals surface area contributed by atoms with Gasteiger partial charge in [0, 0.05) is 6.20 Å². The molecule has 0 saturated heterocycles. The first-order chi connectivity index (χ1) is 8.84. The van der Waals surface area contributed by atoms with E-state index in [4.69, 9.17) is 5.11 Å². The monoisotopic (exact) mass is 291 g/mol. The van der Waals surface area contributed by atoms with Crippen molar-refractivity contribution in [3.63, 3.8) is 0 Å². The summed E-state index contributed by atoms with van der Waals surface area (Å²) in [5, 5.41) is 9.16. The first kappa shape index (κ1) is 13.7. The number of rotatable bonds is 3. The Hall–Kier alpha value is -1.77. The Bertz CT molecular complexity index is 639. The molecule has 0 unspecified atom stereocenters. The van der Waals surface area contributed by atoms with Gasteiger partial charge in [0.1, 0.15) is 5.03 Å². The lowest BCUT2D eigenvalue weighted by Gasteiger charge is -2.06. The van der Waals surface area contributed by atoms with Crippen LogP contribution in [-0.2, 0) is 6.18 Å². The van der Waals surface area contributed by atoms with Crippen molar-refractivity contribution in [1.82, 2.24) is 14.4 Å². The Morgan fingerprint density at radius 2 is 2.21 bits per heavy atom. The maximum absolute atomic E-state index is 12.6. The number of aromatic carboxylic acids is 1. The van der Waals surface area contributed by atoms with Crippen LogP contribution in [0.1, 0.15) is 23.1 Å². The van der Waals surface area contributed by atoms with E-state index in [-0.39, 0.29) is 16.4 Å². The summed E-state index contributed by atoms with van der Waals surface area (Å²) in [6.45, 7) is 1.77. The van der Waals surface area contributed by atoms with Crippen molar-refractivity contribution in [2.24, 2.45) is 0 Å². The Balaban J connectivity index is 2.69. The molecule has 0 saturated carbocycles. The van der Waals surface area contributed by atoms with Gasteiger partial charge in [-0.25, -0.2) is 14.8 Å². The Labute approximate surface area is 109 Å². The largest absolute Gasteiger partial charge is 0.476 e. The molecule has 0 amide bonds. The van der Waals surface area contributed by atoms with Gasteiger partial charge < -0.3 is 5.11 Å². The second-order valence-corrected chi connectivity index (χ2v) is 4.75. The maximum atomic E-state index is 12.6. The highest BCUT2D eigenvalue weighted by Gasteiger charge is 2.33. The summed E-state index contributed by atoms with van der Waals surface area (Å²) in [5.74, 6) is -0.772. The minimum Gasteiger partial charge on any atom is -0.476 e. The van der Waals surface area contributed by atoms with E-state index in [9.17, 15) is 18.0 Å². The van der Waals surface area contributed by atoms with E-state index in [1.165, 1.54) is 0 Å². The molecule has 2 heterocycles. The number of fused-ring (bicyclic) bond motifs is 1. The third-order valence-electron chi connectivity index (χ3n) is 2.24. The molecule has 2 rings (SSSR count). The maximum Gasteiger partial charge on any atom is 0.434 e. The normalized spacial score (nSPS) is 12.0. The van der Waals surface area contributed by atoms with Crippen molar-refractivity contribution in [2.45, 2.75) is 18.1 Å². The molecule has 2 aromatic heterocycles. The molecule has 0 aliphatic heterocycles. The molecular weight excluding hydrogens is 283 g/mol. The molecule has 0 aromatic carbocycles. The van der Waals surface area contributed by atoms with Gasteiger partial charge in [0.25, 0.3) is 0 Å². The van der Waals surface area contributed by atoms with E-state index in [1.54, 1.807) is 6.92 Å². The summed E-state index contributed by atoms with van der Waals surface area (Å²) < 4.78 is 38.8. The molecule has 2 aromatic rings. The van der Waals surface area contributed by atoms with Crippen LogP contribution in [-0.4, -0.2) is 31.2 Å². The number of carboxylic acids is 1. The van der Waals surface area contributed by atoms with E-state index in [1.807, 2.05) is 0 Å². The number of imidazole rings is 1. The number of hydrogen-bond acceptors (Lipinski definition) is 4.